The minimum atomic E-state index is -0.731. The Morgan fingerprint density at radius 3 is 2.71 bits per heavy atom. The zero-order chi connectivity index (χ0) is 20.3. The van der Waals surface area contributed by atoms with Gasteiger partial charge < -0.3 is 19.6 Å². The minimum absolute atomic E-state index is 0.0343. The molecule has 0 aliphatic carbocycles. The predicted molar refractivity (Wildman–Crippen MR) is 107 cm³/mol. The number of phenolic OH excluding ortho intramolecular Hbond substituents is 1. The number of fused-ring (bicyclic) bond motifs is 1. The normalized spacial score (nSPS) is 10.8. The highest BCUT2D eigenvalue weighted by Crippen LogP contribution is 2.35. The molecule has 0 spiro atoms. The first-order valence-electron chi connectivity index (χ1n) is 8.90. The summed E-state index contributed by atoms with van der Waals surface area (Å²) < 4.78 is 10.4. The Kier molecular flexibility index (Phi) is 5.90. The van der Waals surface area contributed by atoms with E-state index in [0.29, 0.717) is 12.2 Å². The van der Waals surface area contributed by atoms with E-state index in [4.69, 9.17) is 21.1 Å². The molecule has 0 bridgehead atoms. The molecule has 28 heavy (non-hydrogen) atoms. The van der Waals surface area contributed by atoms with E-state index in [1.54, 1.807) is 13.1 Å². The number of H-pyrrole nitrogens is 1. The Morgan fingerprint density at radius 1 is 1.21 bits per heavy atom. The molecule has 2 aromatic carbocycles. The number of aromatic hydroxyl groups is 1. The number of aromatic amines is 1. The van der Waals surface area contributed by atoms with Gasteiger partial charge in [0.2, 0.25) is 5.78 Å². The van der Waals surface area contributed by atoms with E-state index < -0.39 is 12.6 Å². The van der Waals surface area contributed by atoms with Crippen LogP contribution >= 0.6 is 11.6 Å². The summed E-state index contributed by atoms with van der Waals surface area (Å²) in [4.78, 5) is 28.0. The van der Waals surface area contributed by atoms with Crippen molar-refractivity contribution in [2.24, 2.45) is 0 Å². The largest absolute Gasteiger partial charge is 0.503 e. The van der Waals surface area contributed by atoms with E-state index in [1.165, 1.54) is 12.1 Å². The predicted octanol–water partition coefficient (Wildman–Crippen LogP) is 4.53. The second kappa shape index (κ2) is 8.35. The summed E-state index contributed by atoms with van der Waals surface area (Å²) in [5.41, 5.74) is 2.57. The quantitative estimate of drug-likeness (QED) is 0.448. The number of nitrogens with one attached hydrogen (secondary N) is 1. The van der Waals surface area contributed by atoms with Crippen molar-refractivity contribution in [1.82, 2.24) is 4.98 Å². The molecule has 2 N–H and O–H groups in total. The number of hydrogen-bond acceptors (Lipinski definition) is 5. The molecular formula is C21H20ClNO5. The number of para-hydroxylation sites is 1. The van der Waals surface area contributed by atoms with Crippen molar-refractivity contribution in [3.05, 3.63) is 58.2 Å². The Bertz CT molecular complexity index is 1040. The van der Waals surface area contributed by atoms with Crippen molar-refractivity contribution in [1.29, 1.82) is 0 Å². The van der Waals surface area contributed by atoms with Gasteiger partial charge in [-0.2, -0.15) is 0 Å². The monoisotopic (exact) mass is 401 g/mol. The lowest BCUT2D eigenvalue weighted by atomic mass is 10.1. The maximum Gasteiger partial charge on any atom is 0.338 e. The second-order valence-corrected chi connectivity index (χ2v) is 6.54. The zero-order valence-electron chi connectivity index (χ0n) is 15.5. The van der Waals surface area contributed by atoms with Crippen molar-refractivity contribution in [3.8, 4) is 11.5 Å². The van der Waals surface area contributed by atoms with Crippen LogP contribution in [0.15, 0.2) is 36.5 Å². The molecule has 146 valence electrons. The lowest BCUT2D eigenvalue weighted by Gasteiger charge is -2.10. The van der Waals surface area contributed by atoms with Crippen LogP contribution in [0.2, 0.25) is 5.02 Å². The van der Waals surface area contributed by atoms with Gasteiger partial charge in [-0.25, -0.2) is 4.79 Å². The maximum absolute atomic E-state index is 12.6. The SMILES string of the molecule is CCOc1cc(C(=O)OCC(=O)c2c[nH]c3c(CC)cccc23)cc(Cl)c1O. The molecule has 0 amide bonds. The number of benzene rings is 2. The minimum Gasteiger partial charge on any atom is -0.503 e. The van der Waals surface area contributed by atoms with Crippen LogP contribution in [0.5, 0.6) is 11.5 Å². The lowest BCUT2D eigenvalue weighted by molar-refractivity contribution is 0.0474. The number of halogens is 1. The summed E-state index contributed by atoms with van der Waals surface area (Å²) in [7, 11) is 0. The number of aromatic nitrogens is 1. The number of hydrogen-bond donors (Lipinski definition) is 2. The highest BCUT2D eigenvalue weighted by Gasteiger charge is 2.19. The number of phenols is 1. The van der Waals surface area contributed by atoms with E-state index in [9.17, 15) is 14.7 Å². The Hall–Kier alpha value is -2.99. The van der Waals surface area contributed by atoms with E-state index in [2.05, 4.69) is 4.98 Å². The fourth-order valence-corrected chi connectivity index (χ4v) is 3.20. The standard InChI is InChI=1S/C21H20ClNO5/c1-3-12-6-5-7-14-15(10-23-19(12)14)17(24)11-28-21(26)13-8-16(22)20(25)18(9-13)27-4-2/h5-10,23,25H,3-4,11H2,1-2H3. The summed E-state index contributed by atoms with van der Waals surface area (Å²) in [5, 5.41) is 10.6. The third-order valence-electron chi connectivity index (χ3n) is 4.38. The number of esters is 1. The van der Waals surface area contributed by atoms with Crippen LogP contribution in [0, 0.1) is 0 Å². The smallest absolute Gasteiger partial charge is 0.338 e. The summed E-state index contributed by atoms with van der Waals surface area (Å²) in [6.07, 6.45) is 2.47. The van der Waals surface area contributed by atoms with E-state index >= 15 is 0 Å². The molecule has 6 nitrogen and oxygen atoms in total. The Balaban J connectivity index is 1.76. The molecule has 0 unspecified atom stereocenters. The van der Waals surface area contributed by atoms with Gasteiger partial charge in [-0.3, -0.25) is 4.79 Å². The number of carbonyl (C=O) groups excluding carboxylic acids is 2. The van der Waals surface area contributed by atoms with Gasteiger partial charge >= 0.3 is 5.97 Å². The molecule has 0 radical (unpaired) electrons. The number of Topliss-reactive ketones (excluding diaryl/α,β-unsaturated/α-hetero) is 1. The van der Waals surface area contributed by atoms with Gasteiger partial charge in [0, 0.05) is 22.7 Å². The summed E-state index contributed by atoms with van der Waals surface area (Å²) in [5.74, 6) is -1.22. The fraction of sp³-hybridized carbons (Fsp3) is 0.238. The molecule has 3 rings (SSSR count). The van der Waals surface area contributed by atoms with Crippen LogP contribution in [-0.2, 0) is 11.2 Å². The van der Waals surface area contributed by atoms with E-state index in [0.717, 1.165) is 22.9 Å². The van der Waals surface area contributed by atoms with Gasteiger partial charge in [-0.1, -0.05) is 36.7 Å². The molecule has 0 fully saturated rings. The molecule has 0 saturated carbocycles. The second-order valence-electron chi connectivity index (χ2n) is 6.13. The van der Waals surface area contributed by atoms with Crippen molar-refractivity contribution in [2.45, 2.75) is 20.3 Å². The Morgan fingerprint density at radius 2 is 2.00 bits per heavy atom. The van der Waals surface area contributed by atoms with E-state index in [-0.39, 0.29) is 27.9 Å². The van der Waals surface area contributed by atoms with Crippen LogP contribution in [0.3, 0.4) is 0 Å². The molecule has 1 aromatic heterocycles. The molecule has 1 heterocycles. The molecule has 7 heteroatoms. The van der Waals surface area contributed by atoms with E-state index in [1.807, 2.05) is 25.1 Å². The summed E-state index contributed by atoms with van der Waals surface area (Å²) in [6.45, 7) is 3.66. The number of rotatable bonds is 7. The van der Waals surface area contributed by atoms with Crippen molar-refractivity contribution < 1.29 is 24.2 Å². The van der Waals surface area contributed by atoms with Gasteiger partial charge in [-0.15, -0.1) is 0 Å². The van der Waals surface area contributed by atoms with Gasteiger partial charge in [0.05, 0.1) is 17.2 Å². The van der Waals surface area contributed by atoms with Crippen molar-refractivity contribution in [3.63, 3.8) is 0 Å². The fourth-order valence-electron chi connectivity index (χ4n) is 2.99. The third-order valence-corrected chi connectivity index (χ3v) is 4.67. The number of ether oxygens (including phenoxy) is 2. The number of ketones is 1. The average molecular weight is 402 g/mol. The van der Waals surface area contributed by atoms with Crippen molar-refractivity contribution >= 4 is 34.3 Å². The van der Waals surface area contributed by atoms with Crippen molar-refractivity contribution in [2.75, 3.05) is 13.2 Å². The molecule has 0 atom stereocenters. The summed E-state index contributed by atoms with van der Waals surface area (Å²) >= 11 is 5.93. The number of aryl methyl sites for hydroxylation is 1. The molecule has 0 saturated heterocycles. The average Bonchev–Trinajstić information content (AvgIpc) is 3.13. The van der Waals surface area contributed by atoms with Gasteiger partial charge in [0.1, 0.15) is 0 Å². The maximum atomic E-state index is 12.6. The van der Waals surface area contributed by atoms with Crippen LogP contribution in [-0.4, -0.2) is 35.1 Å². The zero-order valence-corrected chi connectivity index (χ0v) is 16.3. The van der Waals surface area contributed by atoms with Crippen LogP contribution in [0.1, 0.15) is 40.1 Å². The van der Waals surface area contributed by atoms with Gasteiger partial charge in [0.25, 0.3) is 0 Å². The highest BCUT2D eigenvalue weighted by atomic mass is 35.5. The first-order valence-corrected chi connectivity index (χ1v) is 9.28. The van der Waals surface area contributed by atoms with Gasteiger partial charge in [-0.05, 0) is 31.0 Å². The van der Waals surface area contributed by atoms with Gasteiger partial charge in [0.15, 0.2) is 18.1 Å². The first-order chi connectivity index (χ1) is 13.5. The molecule has 0 aliphatic heterocycles. The molecule has 3 aromatic rings. The first kappa shape index (κ1) is 19.8. The van der Waals surface area contributed by atoms with Crippen LogP contribution < -0.4 is 4.74 Å². The molecule has 0 aliphatic rings. The lowest BCUT2D eigenvalue weighted by Crippen LogP contribution is -2.14. The third kappa shape index (κ3) is 3.82. The van der Waals surface area contributed by atoms with Crippen LogP contribution in [0.4, 0.5) is 0 Å². The Labute approximate surface area is 167 Å². The highest BCUT2D eigenvalue weighted by molar-refractivity contribution is 6.32. The molecular weight excluding hydrogens is 382 g/mol. The summed E-state index contributed by atoms with van der Waals surface area (Å²) in [6, 6.07) is 8.35. The topological polar surface area (TPSA) is 88.6 Å². The number of carbonyl (C=O) groups is 2. The van der Waals surface area contributed by atoms with Crippen LogP contribution in [0.25, 0.3) is 10.9 Å².